The number of aromatic nitrogens is 1. The van der Waals surface area contributed by atoms with Gasteiger partial charge in [-0.25, -0.2) is 9.78 Å². The molecule has 1 aromatic heterocycles. The molecule has 0 fully saturated rings. The summed E-state index contributed by atoms with van der Waals surface area (Å²) in [4.78, 5) is 14.7. The number of aromatic carboxylic acids is 1. The molecule has 0 saturated carbocycles. The molecule has 0 amide bonds. The van der Waals surface area contributed by atoms with Gasteiger partial charge in [0.05, 0.1) is 11.4 Å². The summed E-state index contributed by atoms with van der Waals surface area (Å²) in [5, 5.41) is 23.7. The first-order chi connectivity index (χ1) is 10.8. The van der Waals surface area contributed by atoms with E-state index in [0.717, 1.165) is 0 Å². The monoisotopic (exact) mass is 372 g/mol. The van der Waals surface area contributed by atoms with Gasteiger partial charge in [0.15, 0.2) is 10.8 Å². The molecule has 2 rings (SSSR count). The molecule has 0 spiro atoms. The number of carboxylic acid groups (broad SMARTS) is 1. The lowest BCUT2D eigenvalue weighted by Crippen LogP contribution is -2.06. The van der Waals surface area contributed by atoms with Gasteiger partial charge in [-0.15, -0.1) is 5.75 Å². The van der Waals surface area contributed by atoms with Crippen LogP contribution in [0.4, 0.5) is 5.69 Å². The fraction of sp³-hybridized carbons (Fsp3) is 0.0714. The molecule has 6 nitrogen and oxygen atoms in total. The van der Waals surface area contributed by atoms with E-state index in [4.69, 9.17) is 39.9 Å². The molecule has 2 N–H and O–H groups in total. The molecule has 0 atom stereocenters. The van der Waals surface area contributed by atoms with Crippen LogP contribution in [0.1, 0.15) is 23.0 Å². The number of hydrazone groups is 1. The third kappa shape index (κ3) is 3.85. The Labute approximate surface area is 146 Å². The number of halogens is 3. The van der Waals surface area contributed by atoms with Crippen molar-refractivity contribution in [3.8, 4) is 5.75 Å². The molecule has 2 aromatic rings. The Kier molecular flexibility index (Phi) is 5.30. The smallest absolute Gasteiger partial charge is 0.356 e. The normalized spacial score (nSPS) is 11.4. The molecule has 1 aromatic carbocycles. The Morgan fingerprint density at radius 1 is 1.22 bits per heavy atom. The van der Waals surface area contributed by atoms with Crippen molar-refractivity contribution in [3.05, 3.63) is 50.7 Å². The average molecular weight is 374 g/mol. The minimum absolute atomic E-state index is 0.0329. The molecule has 0 aliphatic heterocycles. The highest BCUT2D eigenvalue weighted by Crippen LogP contribution is 2.36. The first kappa shape index (κ1) is 17.3. The van der Waals surface area contributed by atoms with E-state index in [1.54, 1.807) is 19.1 Å². The molecule has 0 aliphatic carbocycles. The second-order valence-electron chi connectivity index (χ2n) is 4.39. The maximum absolute atomic E-state index is 11.1. The van der Waals surface area contributed by atoms with Crippen LogP contribution in [0.25, 0.3) is 0 Å². The predicted octanol–water partition coefficient (Wildman–Crippen LogP) is 3.65. The first-order valence-corrected chi connectivity index (χ1v) is 7.30. The van der Waals surface area contributed by atoms with Crippen molar-refractivity contribution in [3.63, 3.8) is 0 Å². The standard InChI is InChI=1S/C14H10Cl3N3O3/c1-6(7-2-4-8(21)5-3-7)19-20-11-9(15)12(14(22)23)18-13(17)10(11)16/h2-5,21H,1H3,(H,18,20)(H,22,23)/p-1/b19-6+. The van der Waals surface area contributed by atoms with Crippen LogP contribution >= 0.6 is 34.8 Å². The number of carboxylic acids is 1. The fourth-order valence-corrected chi connectivity index (χ4v) is 2.32. The van der Waals surface area contributed by atoms with E-state index in [0.29, 0.717) is 11.3 Å². The van der Waals surface area contributed by atoms with Gasteiger partial charge in [-0.05, 0) is 12.5 Å². The van der Waals surface area contributed by atoms with Crippen LogP contribution in [-0.4, -0.2) is 21.8 Å². The van der Waals surface area contributed by atoms with E-state index < -0.39 is 11.7 Å². The van der Waals surface area contributed by atoms with Crippen LogP contribution in [0, 0.1) is 0 Å². The summed E-state index contributed by atoms with van der Waals surface area (Å²) < 4.78 is 0. The van der Waals surface area contributed by atoms with Gasteiger partial charge >= 0.3 is 5.97 Å². The van der Waals surface area contributed by atoms with Gasteiger partial charge < -0.3 is 10.2 Å². The second-order valence-corrected chi connectivity index (χ2v) is 5.51. The van der Waals surface area contributed by atoms with Crippen molar-refractivity contribution in [2.24, 2.45) is 5.10 Å². The molecule has 120 valence electrons. The molecule has 1 heterocycles. The Balaban J connectivity index is 2.38. The van der Waals surface area contributed by atoms with E-state index in [2.05, 4.69) is 15.5 Å². The zero-order chi connectivity index (χ0) is 17.1. The van der Waals surface area contributed by atoms with Crippen molar-refractivity contribution in [2.75, 3.05) is 5.43 Å². The third-order valence-corrected chi connectivity index (χ3v) is 3.95. The lowest BCUT2D eigenvalue weighted by molar-refractivity contribution is -0.268. The summed E-state index contributed by atoms with van der Waals surface area (Å²) in [5.74, 6) is -1.46. The van der Waals surface area contributed by atoms with Gasteiger partial charge in [0, 0.05) is 0 Å². The number of rotatable bonds is 4. The van der Waals surface area contributed by atoms with E-state index in [1.807, 2.05) is 0 Å². The molecular formula is C14H9Cl3N3O3-. The number of anilines is 1. The highest BCUT2D eigenvalue weighted by molar-refractivity contribution is 6.46. The predicted molar refractivity (Wildman–Crippen MR) is 87.9 cm³/mol. The number of pyridine rings is 1. The lowest BCUT2D eigenvalue weighted by atomic mass is 10.1. The number of hydrogen-bond acceptors (Lipinski definition) is 5. The Bertz CT molecular complexity index is 792. The van der Waals surface area contributed by atoms with Gasteiger partial charge in [-0.3, -0.25) is 5.43 Å². The number of benzene rings is 1. The SMILES string of the molecule is C/C(=N\Nc1c(Cl)c(Cl)nc(C(=O)O)c1Cl)c1ccc([O-])cc1. The van der Waals surface area contributed by atoms with Crippen LogP contribution in [0.5, 0.6) is 5.75 Å². The molecule has 0 radical (unpaired) electrons. The van der Waals surface area contributed by atoms with Gasteiger partial charge in [0.1, 0.15) is 10.0 Å². The maximum atomic E-state index is 11.1. The first-order valence-electron chi connectivity index (χ1n) is 6.16. The van der Waals surface area contributed by atoms with Crippen LogP contribution in [0.15, 0.2) is 29.4 Å². The van der Waals surface area contributed by atoms with Crippen molar-refractivity contribution < 1.29 is 15.0 Å². The number of carbonyl (C=O) groups is 1. The molecule has 0 bridgehead atoms. The summed E-state index contributed by atoms with van der Waals surface area (Å²) in [5.41, 5.74) is 3.41. The number of nitrogens with one attached hydrogen (secondary N) is 1. The molecule has 9 heteroatoms. The van der Waals surface area contributed by atoms with Gasteiger partial charge in [0.2, 0.25) is 0 Å². The summed E-state index contributed by atoms with van der Waals surface area (Å²) in [7, 11) is 0. The largest absolute Gasteiger partial charge is 0.872 e. The second kappa shape index (κ2) is 7.04. The Hall–Kier alpha value is -2.02. The minimum Gasteiger partial charge on any atom is -0.872 e. The average Bonchev–Trinajstić information content (AvgIpc) is 2.51. The van der Waals surface area contributed by atoms with Crippen molar-refractivity contribution >= 4 is 52.2 Å². The van der Waals surface area contributed by atoms with Gasteiger partial charge in [0.25, 0.3) is 0 Å². The van der Waals surface area contributed by atoms with Gasteiger partial charge in [-0.1, -0.05) is 59.1 Å². The zero-order valence-electron chi connectivity index (χ0n) is 11.6. The summed E-state index contributed by atoms with van der Waals surface area (Å²) in [6.07, 6.45) is 0. The highest BCUT2D eigenvalue weighted by atomic mass is 35.5. The highest BCUT2D eigenvalue weighted by Gasteiger charge is 2.20. The van der Waals surface area contributed by atoms with E-state index >= 15 is 0 Å². The van der Waals surface area contributed by atoms with Crippen molar-refractivity contribution in [1.29, 1.82) is 0 Å². The van der Waals surface area contributed by atoms with Crippen molar-refractivity contribution in [1.82, 2.24) is 4.98 Å². The van der Waals surface area contributed by atoms with Gasteiger partial charge in [-0.2, -0.15) is 5.10 Å². The van der Waals surface area contributed by atoms with E-state index in [9.17, 15) is 9.90 Å². The Morgan fingerprint density at radius 3 is 2.39 bits per heavy atom. The summed E-state index contributed by atoms with van der Waals surface area (Å²) in [6.45, 7) is 1.69. The summed E-state index contributed by atoms with van der Waals surface area (Å²) >= 11 is 17.7. The van der Waals surface area contributed by atoms with Crippen LogP contribution in [-0.2, 0) is 0 Å². The molecule has 23 heavy (non-hydrogen) atoms. The maximum Gasteiger partial charge on any atom is 0.356 e. The summed E-state index contributed by atoms with van der Waals surface area (Å²) in [6, 6.07) is 6.02. The Morgan fingerprint density at radius 2 is 1.83 bits per heavy atom. The quantitative estimate of drug-likeness (QED) is 0.484. The topological polar surface area (TPSA) is 97.6 Å². The van der Waals surface area contributed by atoms with Crippen LogP contribution in [0.2, 0.25) is 15.2 Å². The van der Waals surface area contributed by atoms with E-state index in [-0.39, 0.29) is 26.6 Å². The van der Waals surface area contributed by atoms with Crippen molar-refractivity contribution in [2.45, 2.75) is 6.92 Å². The van der Waals surface area contributed by atoms with Crippen LogP contribution in [0.3, 0.4) is 0 Å². The fourth-order valence-electron chi connectivity index (χ4n) is 1.65. The zero-order valence-corrected chi connectivity index (χ0v) is 13.9. The minimum atomic E-state index is -1.34. The lowest BCUT2D eigenvalue weighted by Gasteiger charge is -2.11. The molecule has 0 unspecified atom stereocenters. The molecule has 0 saturated heterocycles. The van der Waals surface area contributed by atoms with Crippen LogP contribution < -0.4 is 10.5 Å². The number of hydrogen-bond donors (Lipinski definition) is 2. The molecule has 0 aliphatic rings. The third-order valence-electron chi connectivity index (χ3n) is 2.85. The molecular weight excluding hydrogens is 365 g/mol. The van der Waals surface area contributed by atoms with E-state index in [1.165, 1.54) is 12.1 Å². The number of nitrogens with zero attached hydrogens (tertiary/aromatic N) is 2.